The molecule has 3 nitrogen and oxygen atoms in total. The van der Waals surface area contributed by atoms with Gasteiger partial charge in [-0.25, -0.2) is 4.39 Å². The summed E-state index contributed by atoms with van der Waals surface area (Å²) in [5.74, 6) is 0.783. The second kappa shape index (κ2) is 5.65. The van der Waals surface area contributed by atoms with Crippen LogP contribution in [0.3, 0.4) is 0 Å². The number of nitrogens with one attached hydrogen (secondary N) is 2. The molecule has 0 bridgehead atoms. The summed E-state index contributed by atoms with van der Waals surface area (Å²) in [5, 5.41) is 6.49. The van der Waals surface area contributed by atoms with E-state index in [0.29, 0.717) is 11.5 Å². The summed E-state index contributed by atoms with van der Waals surface area (Å²) in [4.78, 5) is 12.0. The van der Waals surface area contributed by atoms with Crippen LogP contribution in [-0.2, 0) is 0 Å². The molecule has 0 saturated carbocycles. The summed E-state index contributed by atoms with van der Waals surface area (Å²) in [6, 6.07) is 5.58. The topological polar surface area (TPSA) is 41.1 Å². The lowest BCUT2D eigenvalue weighted by Crippen LogP contribution is -2.47. The van der Waals surface area contributed by atoms with Gasteiger partial charge in [-0.2, -0.15) is 0 Å². The number of ketones is 1. The molecule has 2 N–H and O–H groups in total. The van der Waals surface area contributed by atoms with E-state index in [1.54, 1.807) is 0 Å². The molecule has 2 rings (SSSR count). The molecule has 1 aliphatic rings. The summed E-state index contributed by atoms with van der Waals surface area (Å²) in [6.45, 7) is 8.32. The molecular formula is C16H21FN2O. The molecule has 1 aromatic carbocycles. The third-order valence-electron chi connectivity index (χ3n) is 3.71. The summed E-state index contributed by atoms with van der Waals surface area (Å²) in [5.41, 5.74) is 0.715. The van der Waals surface area contributed by atoms with Crippen LogP contribution in [0.4, 0.5) is 4.39 Å². The van der Waals surface area contributed by atoms with Gasteiger partial charge in [-0.15, -0.1) is 0 Å². The Morgan fingerprint density at radius 3 is 2.25 bits per heavy atom. The van der Waals surface area contributed by atoms with Crippen LogP contribution in [0.15, 0.2) is 36.2 Å². The standard InChI is InChI=1S/C16H21FN2O/c1-16(2,3)12-9-18-15(19-10-12)8-14(20)11-4-6-13(17)7-5-11/h4-8,12,18-19H,9-10H2,1-3H3. The molecule has 0 spiro atoms. The van der Waals surface area contributed by atoms with Crippen LogP contribution in [0.5, 0.6) is 0 Å². The molecule has 0 amide bonds. The van der Waals surface area contributed by atoms with Gasteiger partial charge in [-0.1, -0.05) is 20.8 Å². The van der Waals surface area contributed by atoms with Gasteiger partial charge in [-0.3, -0.25) is 4.79 Å². The van der Waals surface area contributed by atoms with Crippen molar-refractivity contribution in [2.45, 2.75) is 20.8 Å². The van der Waals surface area contributed by atoms with E-state index >= 15 is 0 Å². The van der Waals surface area contributed by atoms with Gasteiger partial charge in [0.05, 0.1) is 0 Å². The van der Waals surface area contributed by atoms with Gasteiger partial charge in [0.2, 0.25) is 0 Å². The zero-order chi connectivity index (χ0) is 14.8. The van der Waals surface area contributed by atoms with Crippen molar-refractivity contribution in [1.82, 2.24) is 10.6 Å². The molecule has 1 saturated heterocycles. The second-order valence-electron chi connectivity index (χ2n) is 6.25. The molecule has 0 atom stereocenters. The van der Waals surface area contributed by atoms with Gasteiger partial charge in [-0.05, 0) is 35.6 Å². The predicted octanol–water partition coefficient (Wildman–Crippen LogP) is 2.70. The van der Waals surface area contributed by atoms with Gasteiger partial charge in [0.25, 0.3) is 0 Å². The molecule has 0 unspecified atom stereocenters. The zero-order valence-electron chi connectivity index (χ0n) is 12.2. The minimum atomic E-state index is -0.337. The Balaban J connectivity index is 1.99. The fraction of sp³-hybridized carbons (Fsp3) is 0.438. The maximum Gasteiger partial charge on any atom is 0.189 e. The molecule has 0 aromatic heterocycles. The highest BCUT2D eigenvalue weighted by Crippen LogP contribution is 2.26. The summed E-state index contributed by atoms with van der Waals surface area (Å²) >= 11 is 0. The van der Waals surface area contributed by atoms with Gasteiger partial charge in [0.1, 0.15) is 11.6 Å². The highest BCUT2D eigenvalue weighted by Gasteiger charge is 2.27. The Labute approximate surface area is 119 Å². The first-order valence-electron chi connectivity index (χ1n) is 6.85. The van der Waals surface area contributed by atoms with Crippen LogP contribution >= 0.6 is 0 Å². The molecule has 1 aliphatic heterocycles. The number of carbonyl (C=O) groups excluding carboxylic acids is 1. The summed E-state index contributed by atoms with van der Waals surface area (Å²) in [7, 11) is 0. The molecule has 1 heterocycles. The lowest BCUT2D eigenvalue weighted by atomic mass is 9.80. The maximum absolute atomic E-state index is 12.8. The Kier molecular flexibility index (Phi) is 4.12. The maximum atomic E-state index is 12.8. The van der Waals surface area contributed by atoms with E-state index in [-0.39, 0.29) is 17.0 Å². The summed E-state index contributed by atoms with van der Waals surface area (Å²) < 4.78 is 12.8. The quantitative estimate of drug-likeness (QED) is 0.644. The SMILES string of the molecule is CC(C)(C)C1CNC(=CC(=O)c2ccc(F)cc2)NC1. The van der Waals surface area contributed by atoms with E-state index < -0.39 is 0 Å². The largest absolute Gasteiger partial charge is 0.371 e. The number of benzene rings is 1. The molecule has 108 valence electrons. The van der Waals surface area contributed by atoms with E-state index in [4.69, 9.17) is 0 Å². The van der Waals surface area contributed by atoms with E-state index in [1.165, 1.54) is 30.3 Å². The Bertz CT molecular complexity index is 504. The molecule has 1 fully saturated rings. The van der Waals surface area contributed by atoms with E-state index in [0.717, 1.165) is 18.9 Å². The number of hydrogen-bond donors (Lipinski definition) is 2. The van der Waals surface area contributed by atoms with Gasteiger partial charge < -0.3 is 10.6 Å². The molecule has 1 aromatic rings. The minimum absolute atomic E-state index is 0.130. The summed E-state index contributed by atoms with van der Waals surface area (Å²) in [6.07, 6.45) is 1.53. The van der Waals surface area contributed by atoms with Gasteiger partial charge in [0, 0.05) is 24.7 Å². The Hall–Kier alpha value is -1.84. The molecule has 4 heteroatoms. The Morgan fingerprint density at radius 1 is 1.20 bits per heavy atom. The van der Waals surface area contributed by atoms with Crippen molar-refractivity contribution in [2.24, 2.45) is 11.3 Å². The number of carbonyl (C=O) groups is 1. The number of rotatable bonds is 2. The Morgan fingerprint density at radius 2 is 1.75 bits per heavy atom. The van der Waals surface area contributed by atoms with Crippen LogP contribution in [0.1, 0.15) is 31.1 Å². The second-order valence-corrected chi connectivity index (χ2v) is 6.25. The first-order valence-corrected chi connectivity index (χ1v) is 6.85. The number of hydrogen-bond acceptors (Lipinski definition) is 3. The van der Waals surface area contributed by atoms with Gasteiger partial charge in [0.15, 0.2) is 5.78 Å². The molecule has 0 radical (unpaired) electrons. The highest BCUT2D eigenvalue weighted by atomic mass is 19.1. The fourth-order valence-corrected chi connectivity index (χ4v) is 2.14. The third kappa shape index (κ3) is 3.59. The van der Waals surface area contributed by atoms with Crippen molar-refractivity contribution >= 4 is 5.78 Å². The van der Waals surface area contributed by atoms with E-state index in [2.05, 4.69) is 31.4 Å². The highest BCUT2D eigenvalue weighted by molar-refractivity contribution is 6.04. The lowest BCUT2D eigenvalue weighted by molar-refractivity contribution is 0.104. The van der Waals surface area contributed by atoms with Crippen molar-refractivity contribution in [3.05, 3.63) is 47.5 Å². The number of allylic oxidation sites excluding steroid dienone is 1. The fourth-order valence-electron chi connectivity index (χ4n) is 2.14. The molecule has 20 heavy (non-hydrogen) atoms. The normalized spacial score (nSPS) is 19.0. The zero-order valence-corrected chi connectivity index (χ0v) is 12.2. The lowest BCUT2D eigenvalue weighted by Gasteiger charge is -2.36. The first-order chi connectivity index (χ1) is 9.36. The minimum Gasteiger partial charge on any atom is -0.371 e. The van der Waals surface area contributed by atoms with E-state index in [1.807, 2.05) is 0 Å². The van der Waals surface area contributed by atoms with Crippen LogP contribution in [-0.4, -0.2) is 18.9 Å². The average molecular weight is 276 g/mol. The van der Waals surface area contributed by atoms with Crippen molar-refractivity contribution in [1.29, 1.82) is 0 Å². The van der Waals surface area contributed by atoms with Crippen molar-refractivity contribution in [3.63, 3.8) is 0 Å². The van der Waals surface area contributed by atoms with Crippen LogP contribution in [0.25, 0.3) is 0 Å². The van der Waals surface area contributed by atoms with Crippen LogP contribution in [0, 0.1) is 17.2 Å². The van der Waals surface area contributed by atoms with Gasteiger partial charge >= 0.3 is 0 Å². The third-order valence-corrected chi connectivity index (χ3v) is 3.71. The van der Waals surface area contributed by atoms with Crippen molar-refractivity contribution in [3.8, 4) is 0 Å². The van der Waals surface area contributed by atoms with Crippen LogP contribution < -0.4 is 10.6 Å². The van der Waals surface area contributed by atoms with E-state index in [9.17, 15) is 9.18 Å². The van der Waals surface area contributed by atoms with Crippen molar-refractivity contribution in [2.75, 3.05) is 13.1 Å². The smallest absolute Gasteiger partial charge is 0.189 e. The first kappa shape index (κ1) is 14.6. The van der Waals surface area contributed by atoms with Crippen molar-refractivity contribution < 1.29 is 9.18 Å². The molecule has 0 aliphatic carbocycles. The number of halogens is 1. The average Bonchev–Trinajstić information content (AvgIpc) is 2.39. The monoisotopic (exact) mass is 276 g/mol. The molecular weight excluding hydrogens is 255 g/mol. The predicted molar refractivity (Wildman–Crippen MR) is 77.8 cm³/mol. The van der Waals surface area contributed by atoms with Crippen LogP contribution in [0.2, 0.25) is 0 Å².